The van der Waals surface area contributed by atoms with Gasteiger partial charge in [0.15, 0.2) is 5.65 Å². The van der Waals surface area contributed by atoms with Gasteiger partial charge in [-0.1, -0.05) is 30.3 Å². The number of nitrogens with one attached hydrogen (secondary N) is 1. The van der Waals surface area contributed by atoms with Gasteiger partial charge in [-0.25, -0.2) is 14.3 Å². The average Bonchev–Trinajstić information content (AvgIpc) is 2.95. The molecule has 7 nitrogen and oxygen atoms in total. The summed E-state index contributed by atoms with van der Waals surface area (Å²) in [6.45, 7) is 0. The van der Waals surface area contributed by atoms with Crippen molar-refractivity contribution in [1.29, 1.82) is 0 Å². The zero-order chi connectivity index (χ0) is 16.8. The number of H-pyrrole nitrogens is 1. The van der Waals surface area contributed by atoms with Crippen molar-refractivity contribution >= 4 is 28.1 Å². The van der Waals surface area contributed by atoms with Crippen molar-refractivity contribution in [3.8, 4) is 11.1 Å². The molecule has 0 unspecified atom stereocenters. The van der Waals surface area contributed by atoms with Gasteiger partial charge >= 0.3 is 5.69 Å². The topological polar surface area (TPSA) is 119 Å². The van der Waals surface area contributed by atoms with E-state index in [4.69, 9.17) is 11.5 Å². The third kappa shape index (κ3) is 1.95. The van der Waals surface area contributed by atoms with Gasteiger partial charge in [-0.15, -0.1) is 0 Å². The number of nitrogens with two attached hydrogens (primary N) is 2. The van der Waals surface area contributed by atoms with Gasteiger partial charge in [-0.2, -0.15) is 5.10 Å². The molecule has 4 rings (SSSR count). The zero-order valence-corrected chi connectivity index (χ0v) is 12.5. The summed E-state index contributed by atoms with van der Waals surface area (Å²) in [5, 5.41) is 7.09. The standard InChI is InChI=1S/C17H13N5O2/c18-13-8-15-20-21-17(24)22(15)14-7-9(5-6-12(13)14)10-3-1-2-4-11(10)16(19)23/h1-8H,18H2,(H2,19,23)(H,21,24). The smallest absolute Gasteiger partial charge is 0.348 e. The Kier molecular flexibility index (Phi) is 2.89. The molecule has 0 saturated heterocycles. The number of anilines is 1. The minimum Gasteiger partial charge on any atom is -0.398 e. The maximum Gasteiger partial charge on any atom is 0.348 e. The Hall–Kier alpha value is -3.61. The number of pyridine rings is 1. The van der Waals surface area contributed by atoms with Crippen molar-refractivity contribution < 1.29 is 4.79 Å². The number of primary amides is 1. The van der Waals surface area contributed by atoms with Gasteiger partial charge in [0.1, 0.15) is 0 Å². The van der Waals surface area contributed by atoms with E-state index in [9.17, 15) is 9.59 Å². The highest BCUT2D eigenvalue weighted by Crippen LogP contribution is 2.29. The molecule has 0 spiro atoms. The van der Waals surface area contributed by atoms with Crippen LogP contribution in [-0.4, -0.2) is 20.5 Å². The second kappa shape index (κ2) is 4.95. The summed E-state index contributed by atoms with van der Waals surface area (Å²) in [5.41, 5.74) is 14.6. The van der Waals surface area contributed by atoms with E-state index in [1.807, 2.05) is 24.3 Å². The molecular formula is C17H13N5O2. The Bertz CT molecular complexity index is 1170. The molecule has 2 aromatic heterocycles. The molecule has 0 bridgehead atoms. The first kappa shape index (κ1) is 14.0. The van der Waals surface area contributed by atoms with Gasteiger partial charge < -0.3 is 11.5 Å². The van der Waals surface area contributed by atoms with E-state index in [1.165, 1.54) is 4.40 Å². The zero-order valence-electron chi connectivity index (χ0n) is 12.5. The molecular weight excluding hydrogens is 306 g/mol. The number of aromatic nitrogens is 3. The first-order valence-corrected chi connectivity index (χ1v) is 7.25. The van der Waals surface area contributed by atoms with Gasteiger partial charge in [-0.3, -0.25) is 4.79 Å². The summed E-state index contributed by atoms with van der Waals surface area (Å²) in [4.78, 5) is 23.7. The summed E-state index contributed by atoms with van der Waals surface area (Å²) in [6, 6.07) is 14.2. The van der Waals surface area contributed by atoms with Crippen LogP contribution >= 0.6 is 0 Å². The Labute approximate surface area is 135 Å². The van der Waals surface area contributed by atoms with Gasteiger partial charge in [0.2, 0.25) is 5.91 Å². The number of fused-ring (bicyclic) bond motifs is 3. The number of nitrogens with zero attached hydrogens (tertiary/aromatic N) is 2. The Morgan fingerprint density at radius 1 is 1.12 bits per heavy atom. The molecule has 0 aliphatic carbocycles. The molecule has 0 aliphatic rings. The number of hydrogen-bond acceptors (Lipinski definition) is 4. The van der Waals surface area contributed by atoms with Crippen molar-refractivity contribution in [2.75, 3.05) is 5.73 Å². The largest absolute Gasteiger partial charge is 0.398 e. The molecule has 4 aromatic rings. The van der Waals surface area contributed by atoms with Crippen molar-refractivity contribution in [2.45, 2.75) is 0 Å². The summed E-state index contributed by atoms with van der Waals surface area (Å²) in [5.74, 6) is -0.510. The number of aromatic amines is 1. The quantitative estimate of drug-likeness (QED) is 0.519. The number of carbonyl (C=O) groups excluding carboxylic acids is 1. The van der Waals surface area contributed by atoms with Gasteiger partial charge in [-0.05, 0) is 23.3 Å². The van der Waals surface area contributed by atoms with Crippen LogP contribution in [0.5, 0.6) is 0 Å². The molecule has 0 fully saturated rings. The van der Waals surface area contributed by atoms with Crippen molar-refractivity contribution in [3.63, 3.8) is 0 Å². The van der Waals surface area contributed by atoms with E-state index < -0.39 is 5.91 Å². The maximum absolute atomic E-state index is 12.1. The van der Waals surface area contributed by atoms with Crippen molar-refractivity contribution in [3.05, 3.63) is 64.6 Å². The normalized spacial score (nSPS) is 11.2. The Morgan fingerprint density at radius 2 is 1.92 bits per heavy atom. The lowest BCUT2D eigenvalue weighted by molar-refractivity contribution is 0.100. The number of nitrogen functional groups attached to an aromatic ring is 1. The van der Waals surface area contributed by atoms with Crippen LogP contribution < -0.4 is 17.2 Å². The first-order valence-electron chi connectivity index (χ1n) is 7.25. The number of benzene rings is 2. The van der Waals surface area contributed by atoms with Crippen LogP contribution in [0.1, 0.15) is 10.4 Å². The van der Waals surface area contributed by atoms with Crippen LogP contribution in [0.25, 0.3) is 27.7 Å². The minimum atomic E-state index is -0.510. The van der Waals surface area contributed by atoms with Gasteiger partial charge in [0.25, 0.3) is 0 Å². The minimum absolute atomic E-state index is 0.352. The predicted octanol–water partition coefficient (Wildman–Crippen LogP) is 1.52. The summed E-state index contributed by atoms with van der Waals surface area (Å²) in [7, 11) is 0. The van der Waals surface area contributed by atoms with Gasteiger partial charge in [0, 0.05) is 22.7 Å². The van der Waals surface area contributed by atoms with E-state index >= 15 is 0 Å². The van der Waals surface area contributed by atoms with Crippen LogP contribution in [0.4, 0.5) is 5.69 Å². The second-order valence-electron chi connectivity index (χ2n) is 5.46. The third-order valence-corrected chi connectivity index (χ3v) is 4.04. The highest BCUT2D eigenvalue weighted by atomic mass is 16.1. The van der Waals surface area contributed by atoms with E-state index in [0.717, 1.165) is 10.9 Å². The van der Waals surface area contributed by atoms with Crippen LogP contribution in [0.3, 0.4) is 0 Å². The van der Waals surface area contributed by atoms with E-state index in [2.05, 4.69) is 10.2 Å². The van der Waals surface area contributed by atoms with Crippen LogP contribution in [0, 0.1) is 0 Å². The highest BCUT2D eigenvalue weighted by molar-refractivity contribution is 6.02. The molecule has 0 radical (unpaired) electrons. The summed E-state index contributed by atoms with van der Waals surface area (Å²) >= 11 is 0. The summed E-state index contributed by atoms with van der Waals surface area (Å²) < 4.78 is 1.45. The second-order valence-corrected chi connectivity index (χ2v) is 5.46. The number of carbonyl (C=O) groups is 1. The first-order chi connectivity index (χ1) is 11.6. The number of amides is 1. The van der Waals surface area contributed by atoms with E-state index in [0.29, 0.717) is 28.0 Å². The summed E-state index contributed by atoms with van der Waals surface area (Å²) in [6.07, 6.45) is 0. The molecule has 5 N–H and O–H groups in total. The Balaban J connectivity index is 2.10. The molecule has 7 heteroatoms. The molecule has 0 atom stereocenters. The van der Waals surface area contributed by atoms with Crippen molar-refractivity contribution in [2.24, 2.45) is 5.73 Å². The molecule has 2 aromatic carbocycles. The molecule has 2 heterocycles. The van der Waals surface area contributed by atoms with Crippen LogP contribution in [0.15, 0.2) is 53.3 Å². The molecule has 0 saturated carbocycles. The SMILES string of the molecule is NC(=O)c1ccccc1-c1ccc2c(N)cc3n[nH]c(=O)n3c2c1. The predicted molar refractivity (Wildman–Crippen MR) is 91.7 cm³/mol. The average molecular weight is 319 g/mol. The third-order valence-electron chi connectivity index (χ3n) is 4.04. The number of rotatable bonds is 2. The fourth-order valence-electron chi connectivity index (χ4n) is 2.93. The molecule has 24 heavy (non-hydrogen) atoms. The maximum atomic E-state index is 12.1. The lowest BCUT2D eigenvalue weighted by Crippen LogP contribution is -2.12. The molecule has 0 aliphatic heterocycles. The van der Waals surface area contributed by atoms with Gasteiger partial charge in [0.05, 0.1) is 5.52 Å². The fourth-order valence-corrected chi connectivity index (χ4v) is 2.93. The van der Waals surface area contributed by atoms with Crippen LogP contribution in [-0.2, 0) is 0 Å². The monoisotopic (exact) mass is 319 g/mol. The van der Waals surface area contributed by atoms with E-state index in [-0.39, 0.29) is 5.69 Å². The number of hydrogen-bond donors (Lipinski definition) is 3. The molecule has 1 amide bonds. The lowest BCUT2D eigenvalue weighted by Gasteiger charge is -2.10. The van der Waals surface area contributed by atoms with Crippen molar-refractivity contribution in [1.82, 2.24) is 14.6 Å². The van der Waals surface area contributed by atoms with E-state index in [1.54, 1.807) is 24.3 Å². The van der Waals surface area contributed by atoms with Crippen LogP contribution in [0.2, 0.25) is 0 Å². The highest BCUT2D eigenvalue weighted by Gasteiger charge is 2.13. The molecule has 118 valence electrons. The fraction of sp³-hybridized carbons (Fsp3) is 0. The lowest BCUT2D eigenvalue weighted by atomic mass is 9.98. The Morgan fingerprint density at radius 3 is 2.71 bits per heavy atom.